The number of carbonyl (C=O) groups excluding carboxylic acids is 1. The number of benzene rings is 1. The zero-order valence-corrected chi connectivity index (χ0v) is 13.8. The second-order valence-corrected chi connectivity index (χ2v) is 7.09. The van der Waals surface area contributed by atoms with Crippen LogP contribution in [0, 0.1) is 0 Å². The highest BCUT2D eigenvalue weighted by molar-refractivity contribution is 5.93. The van der Waals surface area contributed by atoms with Crippen LogP contribution in [0.4, 0.5) is 11.4 Å². The van der Waals surface area contributed by atoms with E-state index in [1.54, 1.807) is 0 Å². The lowest BCUT2D eigenvalue weighted by molar-refractivity contribution is -0.132. The molecule has 3 aliphatic rings. The van der Waals surface area contributed by atoms with Gasteiger partial charge in [0.05, 0.1) is 25.9 Å². The number of likely N-dealkylation sites (N-methyl/N-ethyl adjacent to an activating group) is 1. The highest BCUT2D eigenvalue weighted by atomic mass is 16.5. The van der Waals surface area contributed by atoms with Gasteiger partial charge in [-0.3, -0.25) is 4.79 Å². The zero-order chi connectivity index (χ0) is 15.9. The number of rotatable bonds is 3. The predicted octanol–water partition coefficient (Wildman–Crippen LogP) is 2.44. The minimum atomic E-state index is -0.302. The Morgan fingerprint density at radius 1 is 1.13 bits per heavy atom. The van der Waals surface area contributed by atoms with Gasteiger partial charge in [-0.25, -0.2) is 0 Å². The van der Waals surface area contributed by atoms with Crippen molar-refractivity contribution in [3.8, 4) is 0 Å². The SMILES string of the molecule is CN1CN(c2ccc(NC3COC3)cc2)C2(CCCCC2)C1=O. The third-order valence-corrected chi connectivity index (χ3v) is 5.48. The van der Waals surface area contributed by atoms with Crippen molar-refractivity contribution < 1.29 is 9.53 Å². The average Bonchev–Trinajstić information content (AvgIpc) is 2.78. The Labute approximate surface area is 137 Å². The standard InChI is InChI=1S/C18H25N3O2/c1-20-13-21(18(17(20)22)9-3-2-4-10-18)16-7-5-14(6-8-16)19-15-11-23-12-15/h5-8,15,19H,2-4,9-13H2,1H3. The smallest absolute Gasteiger partial charge is 0.249 e. The van der Waals surface area contributed by atoms with Gasteiger partial charge >= 0.3 is 0 Å². The fraction of sp³-hybridized carbons (Fsp3) is 0.611. The Hall–Kier alpha value is -1.75. The van der Waals surface area contributed by atoms with Crippen molar-refractivity contribution in [2.24, 2.45) is 0 Å². The molecular formula is C18H25N3O2. The molecule has 0 atom stereocenters. The van der Waals surface area contributed by atoms with E-state index in [2.05, 4.69) is 34.5 Å². The van der Waals surface area contributed by atoms with Gasteiger partial charge < -0.3 is 19.9 Å². The lowest BCUT2D eigenvalue weighted by Gasteiger charge is -2.39. The van der Waals surface area contributed by atoms with Crippen LogP contribution in [-0.2, 0) is 9.53 Å². The topological polar surface area (TPSA) is 44.8 Å². The molecule has 1 amide bonds. The Kier molecular flexibility index (Phi) is 3.68. The number of ether oxygens (including phenoxy) is 1. The summed E-state index contributed by atoms with van der Waals surface area (Å²) >= 11 is 0. The molecule has 1 aromatic carbocycles. The van der Waals surface area contributed by atoms with E-state index in [-0.39, 0.29) is 5.54 Å². The van der Waals surface area contributed by atoms with Crippen molar-refractivity contribution in [3.63, 3.8) is 0 Å². The van der Waals surface area contributed by atoms with E-state index in [9.17, 15) is 4.79 Å². The third kappa shape index (κ3) is 2.47. The quantitative estimate of drug-likeness (QED) is 0.930. The molecule has 1 saturated carbocycles. The number of anilines is 2. The minimum absolute atomic E-state index is 0.297. The first-order valence-electron chi connectivity index (χ1n) is 8.67. The second kappa shape index (κ2) is 5.71. The summed E-state index contributed by atoms with van der Waals surface area (Å²) < 4.78 is 5.20. The van der Waals surface area contributed by atoms with Crippen LogP contribution in [0.15, 0.2) is 24.3 Å². The monoisotopic (exact) mass is 315 g/mol. The molecule has 23 heavy (non-hydrogen) atoms. The van der Waals surface area contributed by atoms with Crippen molar-refractivity contribution in [1.29, 1.82) is 0 Å². The Balaban J connectivity index is 1.56. The summed E-state index contributed by atoms with van der Waals surface area (Å²) in [7, 11) is 1.92. The average molecular weight is 315 g/mol. The van der Waals surface area contributed by atoms with Gasteiger partial charge in [-0.15, -0.1) is 0 Å². The van der Waals surface area contributed by atoms with Crippen molar-refractivity contribution in [1.82, 2.24) is 4.90 Å². The molecule has 5 nitrogen and oxygen atoms in total. The number of nitrogens with one attached hydrogen (secondary N) is 1. The number of hydrogen-bond donors (Lipinski definition) is 1. The van der Waals surface area contributed by atoms with E-state index < -0.39 is 0 Å². The van der Waals surface area contributed by atoms with Crippen LogP contribution in [0.3, 0.4) is 0 Å². The molecule has 0 bridgehead atoms. The van der Waals surface area contributed by atoms with E-state index in [0.29, 0.717) is 18.6 Å². The third-order valence-electron chi connectivity index (χ3n) is 5.48. The van der Waals surface area contributed by atoms with Crippen LogP contribution < -0.4 is 10.2 Å². The highest BCUT2D eigenvalue weighted by Crippen LogP contribution is 2.41. The number of nitrogens with zero attached hydrogens (tertiary/aromatic N) is 2. The minimum Gasteiger partial charge on any atom is -0.378 e. The van der Waals surface area contributed by atoms with Gasteiger partial charge in [-0.2, -0.15) is 0 Å². The summed E-state index contributed by atoms with van der Waals surface area (Å²) in [6, 6.07) is 8.96. The highest BCUT2D eigenvalue weighted by Gasteiger charge is 2.51. The van der Waals surface area contributed by atoms with Gasteiger partial charge in [0.15, 0.2) is 0 Å². The molecule has 1 aliphatic carbocycles. The molecule has 2 aliphatic heterocycles. The van der Waals surface area contributed by atoms with Crippen LogP contribution in [0.25, 0.3) is 0 Å². The van der Waals surface area contributed by atoms with E-state index in [1.165, 1.54) is 6.42 Å². The van der Waals surface area contributed by atoms with E-state index in [1.807, 2.05) is 11.9 Å². The summed E-state index contributed by atoms with van der Waals surface area (Å²) in [5, 5.41) is 3.46. The van der Waals surface area contributed by atoms with Gasteiger partial charge in [0, 0.05) is 18.4 Å². The largest absolute Gasteiger partial charge is 0.378 e. The van der Waals surface area contributed by atoms with Gasteiger partial charge in [0.1, 0.15) is 5.54 Å². The van der Waals surface area contributed by atoms with Crippen LogP contribution in [0.5, 0.6) is 0 Å². The Morgan fingerprint density at radius 3 is 2.43 bits per heavy atom. The molecule has 0 radical (unpaired) electrons. The van der Waals surface area contributed by atoms with Crippen molar-refractivity contribution in [2.45, 2.75) is 43.7 Å². The molecule has 1 spiro atoms. The van der Waals surface area contributed by atoms with Gasteiger partial charge in [0.25, 0.3) is 0 Å². The first-order chi connectivity index (χ1) is 11.2. The molecule has 124 valence electrons. The molecule has 2 saturated heterocycles. The molecule has 1 N–H and O–H groups in total. The van der Waals surface area contributed by atoms with Crippen LogP contribution in [0.1, 0.15) is 32.1 Å². The van der Waals surface area contributed by atoms with Gasteiger partial charge in [-0.1, -0.05) is 19.3 Å². The summed E-state index contributed by atoms with van der Waals surface area (Å²) in [6.45, 7) is 2.27. The normalized spacial score (nSPS) is 24.1. The lowest BCUT2D eigenvalue weighted by atomic mass is 9.80. The van der Waals surface area contributed by atoms with Crippen LogP contribution >= 0.6 is 0 Å². The number of carbonyl (C=O) groups is 1. The Morgan fingerprint density at radius 2 is 1.83 bits per heavy atom. The maximum absolute atomic E-state index is 12.8. The zero-order valence-electron chi connectivity index (χ0n) is 13.8. The maximum atomic E-state index is 12.8. The van der Waals surface area contributed by atoms with E-state index in [0.717, 1.165) is 50.3 Å². The molecule has 1 aromatic rings. The van der Waals surface area contributed by atoms with Gasteiger partial charge in [0.2, 0.25) is 5.91 Å². The van der Waals surface area contributed by atoms with Crippen molar-refractivity contribution in [2.75, 3.05) is 37.1 Å². The second-order valence-electron chi connectivity index (χ2n) is 7.09. The first-order valence-corrected chi connectivity index (χ1v) is 8.67. The van der Waals surface area contributed by atoms with Crippen molar-refractivity contribution in [3.05, 3.63) is 24.3 Å². The molecule has 2 heterocycles. The summed E-state index contributed by atoms with van der Waals surface area (Å²) in [5.74, 6) is 0.297. The molecular weight excluding hydrogens is 290 g/mol. The maximum Gasteiger partial charge on any atom is 0.249 e. The molecule has 4 rings (SSSR count). The number of amides is 1. The van der Waals surface area contributed by atoms with E-state index >= 15 is 0 Å². The lowest BCUT2D eigenvalue weighted by Crippen LogP contribution is -2.50. The predicted molar refractivity (Wildman–Crippen MR) is 90.6 cm³/mol. The summed E-state index contributed by atoms with van der Waals surface area (Å²) in [4.78, 5) is 17.0. The summed E-state index contributed by atoms with van der Waals surface area (Å²) in [5.41, 5.74) is 1.97. The van der Waals surface area contributed by atoms with Gasteiger partial charge in [-0.05, 0) is 37.1 Å². The van der Waals surface area contributed by atoms with Crippen molar-refractivity contribution >= 4 is 17.3 Å². The fourth-order valence-corrected chi connectivity index (χ4v) is 4.12. The first kappa shape index (κ1) is 14.8. The molecule has 5 heteroatoms. The summed E-state index contributed by atoms with van der Waals surface area (Å²) in [6.07, 6.45) is 5.51. The molecule has 3 fully saturated rings. The molecule has 0 aromatic heterocycles. The molecule has 0 unspecified atom stereocenters. The van der Waals surface area contributed by atoms with Crippen LogP contribution in [0.2, 0.25) is 0 Å². The Bertz CT molecular complexity index is 576. The van der Waals surface area contributed by atoms with E-state index in [4.69, 9.17) is 4.74 Å². The number of hydrogen-bond acceptors (Lipinski definition) is 4. The van der Waals surface area contributed by atoms with Crippen LogP contribution in [-0.4, -0.2) is 49.3 Å². The fourth-order valence-electron chi connectivity index (χ4n) is 4.12.